The van der Waals surface area contributed by atoms with Crippen LogP contribution < -0.4 is 0 Å². The number of nitrogens with one attached hydrogen (secondary N) is 2. The number of carbonyl (C=O) groups excluding carboxylic acids is 1. The highest BCUT2D eigenvalue weighted by Crippen LogP contribution is 2.29. The lowest BCUT2D eigenvalue weighted by molar-refractivity contribution is -0.137. The fourth-order valence-electron chi connectivity index (χ4n) is 3.26. The molecule has 3 heterocycles. The van der Waals surface area contributed by atoms with Gasteiger partial charge >= 0.3 is 0 Å². The zero-order valence-corrected chi connectivity index (χ0v) is 14.3. The molecule has 1 unspecified atom stereocenters. The van der Waals surface area contributed by atoms with Crippen molar-refractivity contribution in [2.24, 2.45) is 0 Å². The first-order chi connectivity index (χ1) is 12.6. The highest BCUT2D eigenvalue weighted by Gasteiger charge is 2.32. The quantitative estimate of drug-likeness (QED) is 0.727. The summed E-state index contributed by atoms with van der Waals surface area (Å²) in [6.07, 6.45) is 1.76. The number of rotatable bonds is 5. The lowest BCUT2D eigenvalue weighted by atomic mass is 10.2. The average molecular weight is 358 g/mol. The van der Waals surface area contributed by atoms with Gasteiger partial charge in [0.1, 0.15) is 30.7 Å². The molecule has 1 aliphatic heterocycles. The van der Waals surface area contributed by atoms with Gasteiger partial charge in [0.25, 0.3) is 0 Å². The SMILES string of the molecule is Cc1nc(C2CCCN2C(=O)COCc2nc3ccc(F)cc3[nH]2)n[nH]1. The van der Waals surface area contributed by atoms with Gasteiger partial charge in [-0.05, 0) is 38.0 Å². The van der Waals surface area contributed by atoms with Gasteiger partial charge in [-0.15, -0.1) is 0 Å². The number of carbonyl (C=O) groups is 1. The number of halogens is 1. The molecule has 8 nitrogen and oxygen atoms in total. The van der Waals surface area contributed by atoms with Gasteiger partial charge in [0.05, 0.1) is 17.1 Å². The highest BCUT2D eigenvalue weighted by molar-refractivity contribution is 5.78. The predicted octanol–water partition coefficient (Wildman–Crippen LogP) is 2.01. The van der Waals surface area contributed by atoms with Gasteiger partial charge in [-0.2, -0.15) is 5.10 Å². The Morgan fingerprint density at radius 3 is 3.12 bits per heavy atom. The summed E-state index contributed by atoms with van der Waals surface area (Å²) in [5.74, 6) is 1.51. The number of hydrogen-bond donors (Lipinski definition) is 2. The lowest BCUT2D eigenvalue weighted by Crippen LogP contribution is -2.34. The van der Waals surface area contributed by atoms with E-state index in [-0.39, 0.29) is 31.0 Å². The summed E-state index contributed by atoms with van der Waals surface area (Å²) in [7, 11) is 0. The Hall–Kier alpha value is -2.81. The number of nitrogens with zero attached hydrogens (tertiary/aromatic N) is 4. The largest absolute Gasteiger partial charge is 0.364 e. The standard InChI is InChI=1S/C17H19FN6O2/c1-10-19-17(23-22-10)14-3-2-6-24(14)16(25)9-26-8-15-20-12-5-4-11(18)7-13(12)21-15/h4-5,7,14H,2-3,6,8-9H2,1H3,(H,20,21)(H,19,22,23). The van der Waals surface area contributed by atoms with E-state index in [4.69, 9.17) is 4.74 Å². The van der Waals surface area contributed by atoms with E-state index in [9.17, 15) is 9.18 Å². The second kappa shape index (κ2) is 6.83. The van der Waals surface area contributed by atoms with Crippen molar-refractivity contribution in [1.82, 2.24) is 30.0 Å². The monoisotopic (exact) mass is 358 g/mol. The number of amides is 1. The second-order valence-electron chi connectivity index (χ2n) is 6.36. The summed E-state index contributed by atoms with van der Waals surface area (Å²) in [6, 6.07) is 4.23. The normalized spacial score (nSPS) is 17.3. The van der Waals surface area contributed by atoms with Crippen LogP contribution in [-0.2, 0) is 16.1 Å². The number of imidazole rings is 1. The molecular formula is C17H19FN6O2. The van der Waals surface area contributed by atoms with E-state index < -0.39 is 0 Å². The number of aryl methyl sites for hydroxylation is 1. The van der Waals surface area contributed by atoms with E-state index in [2.05, 4.69) is 25.1 Å². The lowest BCUT2D eigenvalue weighted by Gasteiger charge is -2.22. The molecule has 2 aromatic heterocycles. The maximum absolute atomic E-state index is 13.2. The first-order valence-corrected chi connectivity index (χ1v) is 8.50. The molecule has 0 aliphatic carbocycles. The predicted molar refractivity (Wildman–Crippen MR) is 90.5 cm³/mol. The minimum atomic E-state index is -0.328. The van der Waals surface area contributed by atoms with Crippen molar-refractivity contribution in [3.8, 4) is 0 Å². The summed E-state index contributed by atoms with van der Waals surface area (Å²) in [6.45, 7) is 2.61. The van der Waals surface area contributed by atoms with Crippen molar-refractivity contribution in [1.29, 1.82) is 0 Å². The number of likely N-dealkylation sites (tertiary alicyclic amines) is 1. The van der Waals surface area contributed by atoms with Gasteiger partial charge < -0.3 is 14.6 Å². The molecule has 1 aromatic carbocycles. The second-order valence-corrected chi connectivity index (χ2v) is 6.36. The van der Waals surface area contributed by atoms with Crippen LogP contribution in [-0.4, -0.2) is 49.1 Å². The van der Waals surface area contributed by atoms with E-state index >= 15 is 0 Å². The van der Waals surface area contributed by atoms with Crippen LogP contribution >= 0.6 is 0 Å². The van der Waals surface area contributed by atoms with Crippen LogP contribution in [0.15, 0.2) is 18.2 Å². The fourth-order valence-corrected chi connectivity index (χ4v) is 3.26. The van der Waals surface area contributed by atoms with Crippen LogP contribution in [0, 0.1) is 12.7 Å². The van der Waals surface area contributed by atoms with Gasteiger partial charge in [-0.1, -0.05) is 0 Å². The summed E-state index contributed by atoms with van der Waals surface area (Å²) in [5.41, 5.74) is 1.27. The Morgan fingerprint density at radius 1 is 1.42 bits per heavy atom. The zero-order valence-electron chi connectivity index (χ0n) is 14.3. The molecule has 136 valence electrons. The van der Waals surface area contributed by atoms with Crippen LogP contribution in [0.1, 0.15) is 36.4 Å². The Bertz CT molecular complexity index is 936. The molecule has 0 saturated carbocycles. The molecular weight excluding hydrogens is 339 g/mol. The molecule has 9 heteroatoms. The molecule has 1 aliphatic rings. The number of ether oxygens (including phenoxy) is 1. The third kappa shape index (κ3) is 3.30. The molecule has 1 saturated heterocycles. The Balaban J connectivity index is 1.35. The van der Waals surface area contributed by atoms with E-state index in [1.54, 1.807) is 11.0 Å². The summed E-state index contributed by atoms with van der Waals surface area (Å²) in [4.78, 5) is 25.9. The molecule has 0 spiro atoms. The molecule has 4 rings (SSSR count). The van der Waals surface area contributed by atoms with Crippen LogP contribution in [0.5, 0.6) is 0 Å². The Kier molecular flexibility index (Phi) is 4.37. The Labute approximate surface area is 148 Å². The van der Waals surface area contributed by atoms with Crippen LogP contribution in [0.25, 0.3) is 11.0 Å². The topological polar surface area (TPSA) is 99.8 Å². The number of H-pyrrole nitrogens is 2. The van der Waals surface area contributed by atoms with Gasteiger partial charge in [0.15, 0.2) is 5.82 Å². The minimum absolute atomic E-state index is 0.0503. The number of hydrogen-bond acceptors (Lipinski definition) is 5. The molecule has 26 heavy (non-hydrogen) atoms. The number of aromatic nitrogens is 5. The smallest absolute Gasteiger partial charge is 0.249 e. The van der Waals surface area contributed by atoms with Crippen molar-refractivity contribution in [3.05, 3.63) is 41.5 Å². The van der Waals surface area contributed by atoms with Crippen LogP contribution in [0.4, 0.5) is 4.39 Å². The molecule has 0 bridgehead atoms. The fraction of sp³-hybridized carbons (Fsp3) is 0.412. The third-order valence-electron chi connectivity index (χ3n) is 4.44. The molecule has 3 aromatic rings. The first kappa shape index (κ1) is 16.6. The van der Waals surface area contributed by atoms with Crippen molar-refractivity contribution < 1.29 is 13.9 Å². The molecule has 0 radical (unpaired) electrons. The van der Waals surface area contributed by atoms with Crippen molar-refractivity contribution in [2.45, 2.75) is 32.4 Å². The maximum atomic E-state index is 13.2. The number of fused-ring (bicyclic) bond motifs is 1. The third-order valence-corrected chi connectivity index (χ3v) is 4.44. The van der Waals surface area contributed by atoms with Crippen LogP contribution in [0.3, 0.4) is 0 Å². The van der Waals surface area contributed by atoms with Gasteiger partial charge in [-0.3, -0.25) is 9.89 Å². The van der Waals surface area contributed by atoms with Crippen LogP contribution in [0.2, 0.25) is 0 Å². The first-order valence-electron chi connectivity index (χ1n) is 8.50. The van der Waals surface area contributed by atoms with E-state index in [0.29, 0.717) is 29.2 Å². The van der Waals surface area contributed by atoms with Gasteiger partial charge in [-0.25, -0.2) is 14.4 Å². The van der Waals surface area contributed by atoms with Crippen molar-refractivity contribution in [2.75, 3.05) is 13.2 Å². The molecule has 2 N–H and O–H groups in total. The van der Waals surface area contributed by atoms with E-state index in [1.807, 2.05) is 6.92 Å². The minimum Gasteiger partial charge on any atom is -0.364 e. The average Bonchev–Trinajstić information content (AvgIpc) is 3.32. The number of benzene rings is 1. The summed E-state index contributed by atoms with van der Waals surface area (Å²) < 4.78 is 18.7. The van der Waals surface area contributed by atoms with Crippen molar-refractivity contribution in [3.63, 3.8) is 0 Å². The summed E-state index contributed by atoms with van der Waals surface area (Å²) >= 11 is 0. The summed E-state index contributed by atoms with van der Waals surface area (Å²) in [5, 5.41) is 6.99. The highest BCUT2D eigenvalue weighted by atomic mass is 19.1. The maximum Gasteiger partial charge on any atom is 0.249 e. The van der Waals surface area contributed by atoms with Gasteiger partial charge in [0.2, 0.25) is 5.91 Å². The Morgan fingerprint density at radius 2 is 2.31 bits per heavy atom. The van der Waals surface area contributed by atoms with E-state index in [1.165, 1.54) is 12.1 Å². The van der Waals surface area contributed by atoms with Crippen molar-refractivity contribution >= 4 is 16.9 Å². The van der Waals surface area contributed by atoms with E-state index in [0.717, 1.165) is 18.7 Å². The molecule has 1 atom stereocenters. The molecule has 1 fully saturated rings. The number of aromatic amines is 2. The zero-order chi connectivity index (χ0) is 18.1. The van der Waals surface area contributed by atoms with Gasteiger partial charge in [0, 0.05) is 6.54 Å². The molecule has 1 amide bonds.